The zero-order valence-electron chi connectivity index (χ0n) is 15.3. The molecule has 1 aliphatic heterocycles. The van der Waals surface area contributed by atoms with Crippen molar-refractivity contribution in [1.29, 1.82) is 0 Å². The van der Waals surface area contributed by atoms with Crippen molar-refractivity contribution >= 4 is 17.2 Å². The average Bonchev–Trinajstić information content (AvgIpc) is 3.37. The molecule has 1 amide bonds. The van der Waals surface area contributed by atoms with Crippen LogP contribution in [0.15, 0.2) is 29.6 Å². The van der Waals surface area contributed by atoms with Crippen molar-refractivity contribution in [3.8, 4) is 5.75 Å². The predicted octanol–water partition coefficient (Wildman–Crippen LogP) is 3.06. The third-order valence-corrected chi connectivity index (χ3v) is 5.36. The van der Waals surface area contributed by atoms with E-state index in [1.165, 1.54) is 16.9 Å². The molecular formula is C19H21N5O2S. The minimum absolute atomic E-state index is 0.212. The molecule has 0 fully saturated rings. The Hall–Kier alpha value is -2.74. The Bertz CT molecular complexity index is 947. The topological polar surface area (TPSA) is 81.9 Å². The van der Waals surface area contributed by atoms with E-state index in [-0.39, 0.29) is 11.9 Å². The van der Waals surface area contributed by atoms with Gasteiger partial charge < -0.3 is 14.6 Å². The van der Waals surface area contributed by atoms with Crippen molar-refractivity contribution in [2.75, 3.05) is 0 Å². The quantitative estimate of drug-likeness (QED) is 0.707. The lowest BCUT2D eigenvalue weighted by Crippen LogP contribution is -2.29. The largest absolute Gasteiger partial charge is 0.486 e. The Morgan fingerprint density at radius 1 is 1.33 bits per heavy atom. The van der Waals surface area contributed by atoms with Gasteiger partial charge >= 0.3 is 0 Å². The molecule has 140 valence electrons. The first-order valence-corrected chi connectivity index (χ1v) is 9.85. The monoisotopic (exact) mass is 383 g/mol. The van der Waals surface area contributed by atoms with E-state index in [1.807, 2.05) is 38.1 Å². The molecule has 1 N–H and O–H groups in total. The summed E-state index contributed by atoms with van der Waals surface area (Å²) in [5, 5.41) is 13.9. The highest BCUT2D eigenvalue weighted by atomic mass is 32.1. The number of hydrogen-bond acceptors (Lipinski definition) is 6. The van der Waals surface area contributed by atoms with E-state index < -0.39 is 0 Å². The lowest BCUT2D eigenvalue weighted by atomic mass is 10.2. The summed E-state index contributed by atoms with van der Waals surface area (Å²) in [5.74, 6) is 2.37. The van der Waals surface area contributed by atoms with Crippen LogP contribution in [-0.4, -0.2) is 25.7 Å². The molecule has 8 heteroatoms. The van der Waals surface area contributed by atoms with Gasteiger partial charge in [0.25, 0.3) is 5.91 Å². The Kier molecular flexibility index (Phi) is 4.89. The van der Waals surface area contributed by atoms with Crippen molar-refractivity contribution < 1.29 is 9.53 Å². The molecule has 7 nitrogen and oxygen atoms in total. The van der Waals surface area contributed by atoms with Crippen LogP contribution in [0.5, 0.6) is 5.75 Å². The van der Waals surface area contributed by atoms with Gasteiger partial charge in [0.1, 0.15) is 28.9 Å². The molecule has 0 saturated carbocycles. The van der Waals surface area contributed by atoms with Crippen LogP contribution in [0.1, 0.15) is 52.1 Å². The smallest absolute Gasteiger partial charge is 0.271 e. The van der Waals surface area contributed by atoms with Crippen LogP contribution in [0.25, 0.3) is 0 Å². The first kappa shape index (κ1) is 17.7. The Labute approximate surface area is 161 Å². The molecule has 1 aliphatic rings. The first-order chi connectivity index (χ1) is 13.1. The van der Waals surface area contributed by atoms with Gasteiger partial charge in [-0.2, -0.15) is 0 Å². The van der Waals surface area contributed by atoms with Crippen molar-refractivity contribution in [3.05, 3.63) is 57.6 Å². The Morgan fingerprint density at radius 3 is 2.96 bits per heavy atom. The number of ether oxygens (including phenoxy) is 1. The van der Waals surface area contributed by atoms with Gasteiger partial charge in [-0.25, -0.2) is 4.98 Å². The van der Waals surface area contributed by atoms with Crippen LogP contribution < -0.4 is 10.1 Å². The molecule has 0 bridgehead atoms. The molecule has 2 aromatic heterocycles. The number of carbonyl (C=O) groups is 1. The second-order valence-electron chi connectivity index (χ2n) is 6.65. The zero-order valence-corrected chi connectivity index (χ0v) is 16.1. The fraction of sp³-hybridized carbons (Fsp3) is 0.368. The van der Waals surface area contributed by atoms with E-state index in [4.69, 9.17) is 4.74 Å². The van der Waals surface area contributed by atoms with Crippen LogP contribution in [0.3, 0.4) is 0 Å². The second-order valence-corrected chi connectivity index (χ2v) is 7.60. The molecule has 4 rings (SSSR count). The number of aryl methyl sites for hydroxylation is 2. The number of benzene rings is 1. The van der Waals surface area contributed by atoms with Crippen molar-refractivity contribution in [2.45, 2.75) is 45.9 Å². The van der Waals surface area contributed by atoms with Gasteiger partial charge in [-0.15, -0.1) is 21.5 Å². The van der Waals surface area contributed by atoms with Gasteiger partial charge in [0.2, 0.25) is 0 Å². The van der Waals surface area contributed by atoms with Gasteiger partial charge in [-0.05, 0) is 32.4 Å². The third kappa shape index (κ3) is 3.85. The maximum atomic E-state index is 12.5. The summed E-state index contributed by atoms with van der Waals surface area (Å²) in [6.07, 6.45) is 2.03. The van der Waals surface area contributed by atoms with E-state index in [9.17, 15) is 4.79 Å². The lowest BCUT2D eigenvalue weighted by Gasteiger charge is -2.12. The van der Waals surface area contributed by atoms with Crippen LogP contribution >= 0.6 is 11.3 Å². The number of aromatic nitrogens is 4. The molecule has 0 saturated heterocycles. The second kappa shape index (κ2) is 7.48. The fourth-order valence-corrected chi connectivity index (χ4v) is 3.77. The summed E-state index contributed by atoms with van der Waals surface area (Å²) >= 11 is 1.41. The van der Waals surface area contributed by atoms with Crippen LogP contribution in [0.4, 0.5) is 0 Å². The normalized spacial score (nSPS) is 14.0. The highest BCUT2D eigenvalue weighted by molar-refractivity contribution is 7.09. The maximum Gasteiger partial charge on any atom is 0.271 e. The summed E-state index contributed by atoms with van der Waals surface area (Å²) in [7, 11) is 0. The summed E-state index contributed by atoms with van der Waals surface area (Å²) in [6, 6.07) is 7.63. The van der Waals surface area contributed by atoms with Gasteiger partial charge in [-0.3, -0.25) is 4.79 Å². The van der Waals surface area contributed by atoms with Crippen molar-refractivity contribution in [2.24, 2.45) is 0 Å². The summed E-state index contributed by atoms with van der Waals surface area (Å²) in [5.41, 5.74) is 1.58. The Morgan fingerprint density at radius 2 is 2.15 bits per heavy atom. The van der Waals surface area contributed by atoms with E-state index in [0.717, 1.165) is 41.8 Å². The summed E-state index contributed by atoms with van der Waals surface area (Å²) in [4.78, 5) is 16.9. The minimum Gasteiger partial charge on any atom is -0.486 e. The minimum atomic E-state index is -0.217. The number of thiazole rings is 1. The molecule has 0 unspecified atom stereocenters. The summed E-state index contributed by atoms with van der Waals surface area (Å²) < 4.78 is 7.82. The molecule has 0 radical (unpaired) electrons. The summed E-state index contributed by atoms with van der Waals surface area (Å²) in [6.45, 7) is 5.20. The molecule has 0 aliphatic carbocycles. The van der Waals surface area contributed by atoms with Crippen molar-refractivity contribution in [3.63, 3.8) is 0 Å². The molecular weight excluding hydrogens is 362 g/mol. The van der Waals surface area contributed by atoms with E-state index in [2.05, 4.69) is 25.1 Å². The standard InChI is InChI=1S/C19H21N5O2S/c1-12-5-7-14(8-6-12)26-10-17-21-15(11-27-17)19(25)20-13(2)18-23-22-16-4-3-9-24(16)18/h5-8,11,13H,3-4,9-10H2,1-2H3,(H,20,25)/t13-/m0/s1. The van der Waals surface area contributed by atoms with E-state index in [0.29, 0.717) is 12.3 Å². The molecule has 1 aromatic carbocycles. The third-order valence-electron chi connectivity index (χ3n) is 4.54. The van der Waals surface area contributed by atoms with Gasteiger partial charge in [-0.1, -0.05) is 17.7 Å². The zero-order chi connectivity index (χ0) is 18.8. The molecule has 0 spiro atoms. The van der Waals surface area contributed by atoms with Gasteiger partial charge in [0.15, 0.2) is 5.82 Å². The molecule has 3 heterocycles. The number of nitrogens with zero attached hydrogens (tertiary/aromatic N) is 4. The fourth-order valence-electron chi connectivity index (χ4n) is 3.09. The predicted molar refractivity (Wildman–Crippen MR) is 102 cm³/mol. The lowest BCUT2D eigenvalue weighted by molar-refractivity contribution is 0.0933. The Balaban J connectivity index is 1.36. The number of nitrogens with one attached hydrogen (secondary N) is 1. The SMILES string of the molecule is Cc1ccc(OCc2nc(C(=O)N[C@@H](C)c3nnc4n3CCC4)cs2)cc1. The van der Waals surface area contributed by atoms with Gasteiger partial charge in [0, 0.05) is 18.3 Å². The maximum absolute atomic E-state index is 12.5. The highest BCUT2D eigenvalue weighted by Gasteiger charge is 2.23. The van der Waals surface area contributed by atoms with E-state index in [1.54, 1.807) is 5.38 Å². The number of fused-ring (bicyclic) bond motifs is 1. The molecule has 27 heavy (non-hydrogen) atoms. The van der Waals surface area contributed by atoms with Gasteiger partial charge in [0.05, 0.1) is 6.04 Å². The van der Waals surface area contributed by atoms with E-state index >= 15 is 0 Å². The molecule has 1 atom stereocenters. The highest BCUT2D eigenvalue weighted by Crippen LogP contribution is 2.20. The number of rotatable bonds is 6. The number of carbonyl (C=O) groups excluding carboxylic acids is 1. The van der Waals surface area contributed by atoms with Crippen LogP contribution in [-0.2, 0) is 19.6 Å². The van der Waals surface area contributed by atoms with Crippen LogP contribution in [0.2, 0.25) is 0 Å². The first-order valence-electron chi connectivity index (χ1n) is 8.97. The van der Waals surface area contributed by atoms with Crippen LogP contribution in [0, 0.1) is 6.92 Å². The number of hydrogen-bond donors (Lipinski definition) is 1. The average molecular weight is 383 g/mol. The number of amides is 1. The van der Waals surface area contributed by atoms with Crippen molar-refractivity contribution in [1.82, 2.24) is 25.1 Å². The molecule has 3 aromatic rings.